The Morgan fingerprint density at radius 3 is 2.79 bits per heavy atom. The number of likely N-dealkylation sites (N-methyl/N-ethyl adjacent to an activating group) is 1. The maximum atomic E-state index is 12.6. The molecule has 1 N–H and O–H groups in total. The van der Waals surface area contributed by atoms with E-state index in [0.29, 0.717) is 18.8 Å². The van der Waals surface area contributed by atoms with E-state index in [1.54, 1.807) is 7.05 Å². The zero-order valence-corrected chi connectivity index (χ0v) is 10.2. The number of rotatable bonds is 4. The molecular formula is C12H12F3N3O. The maximum Gasteiger partial charge on any atom is 0.416 e. The van der Waals surface area contributed by atoms with Crippen molar-refractivity contribution in [2.75, 3.05) is 13.6 Å². The predicted octanol–water partition coefficient (Wildman–Crippen LogP) is 2.52. The molecule has 0 spiro atoms. The van der Waals surface area contributed by atoms with Gasteiger partial charge in [0.1, 0.15) is 0 Å². The van der Waals surface area contributed by atoms with Crippen LogP contribution >= 0.6 is 0 Å². The molecule has 7 heteroatoms. The second kappa shape index (κ2) is 5.40. The van der Waals surface area contributed by atoms with E-state index in [-0.39, 0.29) is 11.5 Å². The van der Waals surface area contributed by atoms with Crippen molar-refractivity contribution in [2.24, 2.45) is 0 Å². The van der Waals surface area contributed by atoms with E-state index in [2.05, 4.69) is 15.5 Å². The molecule has 0 aliphatic carbocycles. The Morgan fingerprint density at radius 2 is 2.11 bits per heavy atom. The Kier molecular flexibility index (Phi) is 3.84. The van der Waals surface area contributed by atoms with Crippen LogP contribution in [0.2, 0.25) is 0 Å². The summed E-state index contributed by atoms with van der Waals surface area (Å²) < 4.78 is 42.7. The van der Waals surface area contributed by atoms with Crippen molar-refractivity contribution in [2.45, 2.75) is 12.6 Å². The second-order valence-corrected chi connectivity index (χ2v) is 3.95. The number of hydrogen-bond acceptors (Lipinski definition) is 4. The van der Waals surface area contributed by atoms with Crippen LogP contribution in [0.15, 0.2) is 28.8 Å². The van der Waals surface area contributed by atoms with E-state index in [1.807, 2.05) is 0 Å². The quantitative estimate of drug-likeness (QED) is 0.928. The van der Waals surface area contributed by atoms with Gasteiger partial charge in [-0.25, -0.2) is 0 Å². The lowest BCUT2D eigenvalue weighted by Crippen LogP contribution is -2.11. The molecule has 0 bridgehead atoms. The molecular weight excluding hydrogens is 259 g/mol. The zero-order chi connectivity index (χ0) is 13.9. The van der Waals surface area contributed by atoms with Crippen LogP contribution in [0, 0.1) is 0 Å². The molecule has 1 aromatic carbocycles. The third-order valence-electron chi connectivity index (χ3n) is 2.50. The normalized spacial score (nSPS) is 11.8. The van der Waals surface area contributed by atoms with Crippen molar-refractivity contribution >= 4 is 0 Å². The first kappa shape index (κ1) is 13.5. The minimum Gasteiger partial charge on any atom is -0.334 e. The Morgan fingerprint density at radius 1 is 1.32 bits per heavy atom. The molecule has 0 aliphatic heterocycles. The molecule has 0 radical (unpaired) electrons. The molecule has 0 atom stereocenters. The van der Waals surface area contributed by atoms with Crippen molar-refractivity contribution in [3.05, 3.63) is 35.7 Å². The van der Waals surface area contributed by atoms with E-state index in [0.717, 1.165) is 12.1 Å². The van der Waals surface area contributed by atoms with Crippen LogP contribution in [0.25, 0.3) is 11.5 Å². The lowest BCUT2D eigenvalue weighted by Gasteiger charge is -2.06. The fraction of sp³-hybridized carbons (Fsp3) is 0.333. The lowest BCUT2D eigenvalue weighted by atomic mass is 10.1. The van der Waals surface area contributed by atoms with Gasteiger partial charge < -0.3 is 9.84 Å². The van der Waals surface area contributed by atoms with Gasteiger partial charge in [0.2, 0.25) is 0 Å². The van der Waals surface area contributed by atoms with Crippen molar-refractivity contribution < 1.29 is 17.7 Å². The van der Waals surface area contributed by atoms with Gasteiger partial charge in [0.15, 0.2) is 5.82 Å². The summed E-state index contributed by atoms with van der Waals surface area (Å²) in [6.45, 7) is 0.668. The Labute approximate surface area is 107 Å². The summed E-state index contributed by atoms with van der Waals surface area (Å²) in [5, 5.41) is 6.64. The number of nitrogens with zero attached hydrogens (tertiary/aromatic N) is 2. The molecule has 2 aromatic rings. The molecule has 0 fully saturated rings. The van der Waals surface area contributed by atoms with Crippen LogP contribution in [-0.2, 0) is 12.6 Å². The summed E-state index contributed by atoms with van der Waals surface area (Å²) in [6, 6.07) is 4.82. The summed E-state index contributed by atoms with van der Waals surface area (Å²) in [5.74, 6) is 0.555. The highest BCUT2D eigenvalue weighted by Gasteiger charge is 2.30. The van der Waals surface area contributed by atoms with E-state index < -0.39 is 11.7 Å². The molecule has 4 nitrogen and oxygen atoms in total. The summed E-state index contributed by atoms with van der Waals surface area (Å²) in [5.41, 5.74) is -0.474. The number of halogens is 3. The standard InChI is InChI=1S/C12H12F3N3O/c1-16-6-5-10-17-11(19-18-10)8-3-2-4-9(7-8)12(13,14)15/h2-4,7,16H,5-6H2,1H3. The summed E-state index contributed by atoms with van der Waals surface area (Å²) in [7, 11) is 1.79. The number of hydrogen-bond donors (Lipinski definition) is 1. The molecule has 102 valence electrons. The minimum atomic E-state index is -4.38. The highest BCUT2D eigenvalue weighted by molar-refractivity contribution is 5.54. The first-order valence-electron chi connectivity index (χ1n) is 5.65. The molecule has 1 heterocycles. The van der Waals surface area contributed by atoms with Gasteiger partial charge in [0.25, 0.3) is 5.89 Å². The van der Waals surface area contributed by atoms with Gasteiger partial charge in [-0.1, -0.05) is 11.2 Å². The van der Waals surface area contributed by atoms with Gasteiger partial charge in [-0.05, 0) is 25.2 Å². The summed E-state index contributed by atoms with van der Waals surface area (Å²) in [4.78, 5) is 4.06. The molecule has 2 rings (SSSR count). The van der Waals surface area contributed by atoms with Crippen molar-refractivity contribution in [3.63, 3.8) is 0 Å². The number of aromatic nitrogens is 2. The van der Waals surface area contributed by atoms with Crippen LogP contribution in [0.4, 0.5) is 13.2 Å². The van der Waals surface area contributed by atoms with Crippen LogP contribution < -0.4 is 5.32 Å². The van der Waals surface area contributed by atoms with E-state index >= 15 is 0 Å². The van der Waals surface area contributed by atoms with Gasteiger partial charge in [0.05, 0.1) is 5.56 Å². The van der Waals surface area contributed by atoms with Crippen molar-refractivity contribution in [3.8, 4) is 11.5 Å². The monoisotopic (exact) mass is 271 g/mol. The Balaban J connectivity index is 2.24. The largest absolute Gasteiger partial charge is 0.416 e. The van der Waals surface area contributed by atoms with Gasteiger partial charge >= 0.3 is 6.18 Å². The average Bonchev–Trinajstić information content (AvgIpc) is 2.84. The fourth-order valence-corrected chi connectivity index (χ4v) is 1.54. The Hall–Kier alpha value is -1.89. The minimum absolute atomic E-state index is 0.0946. The topological polar surface area (TPSA) is 51.0 Å². The van der Waals surface area contributed by atoms with Gasteiger partial charge in [-0.15, -0.1) is 0 Å². The fourth-order valence-electron chi connectivity index (χ4n) is 1.54. The molecule has 0 aliphatic rings. The SMILES string of the molecule is CNCCc1noc(-c2cccc(C(F)(F)F)c2)n1. The highest BCUT2D eigenvalue weighted by Crippen LogP contribution is 2.31. The van der Waals surface area contributed by atoms with Crippen LogP contribution in [0.1, 0.15) is 11.4 Å². The van der Waals surface area contributed by atoms with Crippen LogP contribution in [0.3, 0.4) is 0 Å². The third-order valence-corrected chi connectivity index (χ3v) is 2.50. The average molecular weight is 271 g/mol. The van der Waals surface area contributed by atoms with Crippen LogP contribution in [-0.4, -0.2) is 23.7 Å². The molecule has 19 heavy (non-hydrogen) atoms. The van der Waals surface area contributed by atoms with E-state index in [4.69, 9.17) is 4.52 Å². The van der Waals surface area contributed by atoms with Crippen molar-refractivity contribution in [1.29, 1.82) is 0 Å². The molecule has 0 amide bonds. The first-order chi connectivity index (χ1) is 9.00. The first-order valence-corrected chi connectivity index (χ1v) is 5.65. The Bertz CT molecular complexity index is 551. The predicted molar refractivity (Wildman–Crippen MR) is 62.4 cm³/mol. The molecule has 0 saturated carbocycles. The van der Waals surface area contributed by atoms with Gasteiger partial charge in [-0.2, -0.15) is 18.2 Å². The third kappa shape index (κ3) is 3.31. The second-order valence-electron chi connectivity index (χ2n) is 3.95. The van der Waals surface area contributed by atoms with Gasteiger partial charge in [0, 0.05) is 18.5 Å². The maximum absolute atomic E-state index is 12.6. The molecule has 0 unspecified atom stereocenters. The van der Waals surface area contributed by atoms with Crippen LogP contribution in [0.5, 0.6) is 0 Å². The number of alkyl halides is 3. The summed E-state index contributed by atoms with van der Waals surface area (Å²) in [6.07, 6.45) is -3.83. The smallest absolute Gasteiger partial charge is 0.334 e. The van der Waals surface area contributed by atoms with E-state index in [9.17, 15) is 13.2 Å². The van der Waals surface area contributed by atoms with Gasteiger partial charge in [-0.3, -0.25) is 0 Å². The summed E-state index contributed by atoms with van der Waals surface area (Å²) >= 11 is 0. The van der Waals surface area contributed by atoms with Crippen molar-refractivity contribution in [1.82, 2.24) is 15.5 Å². The number of nitrogens with one attached hydrogen (secondary N) is 1. The number of benzene rings is 1. The van der Waals surface area contributed by atoms with E-state index in [1.165, 1.54) is 12.1 Å². The molecule has 0 saturated heterocycles. The molecule has 1 aromatic heterocycles. The lowest BCUT2D eigenvalue weighted by molar-refractivity contribution is -0.137. The highest BCUT2D eigenvalue weighted by atomic mass is 19.4. The zero-order valence-electron chi connectivity index (χ0n) is 10.2.